The molecule has 0 unspecified atom stereocenters. The summed E-state index contributed by atoms with van der Waals surface area (Å²) in [6, 6.07) is 3.61. The topological polar surface area (TPSA) is 79.6 Å². The first-order valence-corrected chi connectivity index (χ1v) is 8.60. The van der Waals surface area contributed by atoms with Gasteiger partial charge in [-0.1, -0.05) is 0 Å². The van der Waals surface area contributed by atoms with Crippen molar-refractivity contribution < 1.29 is 17.6 Å². The molecule has 0 aromatic carbocycles. The van der Waals surface area contributed by atoms with Crippen molar-refractivity contribution in [2.45, 2.75) is 31.7 Å². The van der Waals surface area contributed by atoms with Gasteiger partial charge in [0, 0.05) is 32.0 Å². The number of nitrogens with one attached hydrogen (secondary N) is 1. The third-order valence-corrected chi connectivity index (χ3v) is 4.16. The Labute approximate surface area is 119 Å². The van der Waals surface area contributed by atoms with Crippen LogP contribution in [0.3, 0.4) is 0 Å². The van der Waals surface area contributed by atoms with Crippen molar-refractivity contribution in [3.05, 3.63) is 24.2 Å². The van der Waals surface area contributed by atoms with Gasteiger partial charge in [-0.15, -0.1) is 0 Å². The average molecular weight is 300 g/mol. The minimum absolute atomic E-state index is 0.0564. The molecule has 20 heavy (non-hydrogen) atoms. The molecule has 0 spiro atoms. The molecule has 112 valence electrons. The lowest BCUT2D eigenvalue weighted by Crippen LogP contribution is -2.46. The molecular formula is C13H20N2O4S. The largest absolute Gasteiger partial charge is 0.469 e. The van der Waals surface area contributed by atoms with E-state index in [4.69, 9.17) is 4.42 Å². The first-order chi connectivity index (χ1) is 9.44. The number of hydrogen-bond donors (Lipinski definition) is 1. The van der Waals surface area contributed by atoms with Crippen LogP contribution in [-0.2, 0) is 21.2 Å². The summed E-state index contributed by atoms with van der Waals surface area (Å²) in [4.78, 5) is 13.8. The van der Waals surface area contributed by atoms with Crippen LogP contribution in [0.1, 0.15) is 25.0 Å². The molecule has 0 radical (unpaired) electrons. The predicted octanol–water partition coefficient (Wildman–Crippen LogP) is 0.752. The zero-order valence-corrected chi connectivity index (χ0v) is 12.4. The van der Waals surface area contributed by atoms with Crippen molar-refractivity contribution in [1.82, 2.24) is 9.62 Å². The van der Waals surface area contributed by atoms with Crippen LogP contribution in [0.15, 0.2) is 22.8 Å². The Morgan fingerprint density at radius 3 is 2.70 bits per heavy atom. The van der Waals surface area contributed by atoms with Crippen molar-refractivity contribution in [1.29, 1.82) is 0 Å². The quantitative estimate of drug-likeness (QED) is 0.870. The number of furan rings is 1. The highest BCUT2D eigenvalue weighted by molar-refractivity contribution is 7.88. The maximum absolute atomic E-state index is 12.0. The second kappa shape index (κ2) is 6.41. The van der Waals surface area contributed by atoms with Gasteiger partial charge in [0.15, 0.2) is 0 Å². The highest BCUT2D eigenvalue weighted by Gasteiger charge is 2.24. The zero-order chi connectivity index (χ0) is 14.6. The number of carbonyl (C=O) groups excluding carboxylic acids is 1. The van der Waals surface area contributed by atoms with Crippen LogP contribution in [0.5, 0.6) is 0 Å². The molecule has 1 aromatic heterocycles. The summed E-state index contributed by atoms with van der Waals surface area (Å²) >= 11 is 0. The number of likely N-dealkylation sites (tertiary alicyclic amines) is 1. The van der Waals surface area contributed by atoms with Gasteiger partial charge < -0.3 is 9.32 Å². The summed E-state index contributed by atoms with van der Waals surface area (Å²) in [7, 11) is -3.17. The van der Waals surface area contributed by atoms with Gasteiger partial charge in [0.2, 0.25) is 15.9 Å². The highest BCUT2D eigenvalue weighted by atomic mass is 32.2. The molecule has 6 nitrogen and oxygen atoms in total. The van der Waals surface area contributed by atoms with E-state index in [0.717, 1.165) is 12.0 Å². The number of nitrogens with zero attached hydrogens (tertiary/aromatic N) is 1. The van der Waals surface area contributed by atoms with Crippen LogP contribution in [-0.4, -0.2) is 44.6 Å². The number of carbonyl (C=O) groups is 1. The lowest BCUT2D eigenvalue weighted by molar-refractivity contribution is -0.132. The van der Waals surface area contributed by atoms with Crippen molar-refractivity contribution in [3.63, 3.8) is 0 Å². The summed E-state index contributed by atoms with van der Waals surface area (Å²) in [5.41, 5.74) is 0. The molecular weight excluding hydrogens is 280 g/mol. The number of aryl methyl sites for hydroxylation is 1. The van der Waals surface area contributed by atoms with Crippen molar-refractivity contribution in [3.8, 4) is 0 Å². The monoisotopic (exact) mass is 300 g/mol. The van der Waals surface area contributed by atoms with Gasteiger partial charge in [0.05, 0.1) is 12.5 Å². The van der Waals surface area contributed by atoms with Crippen molar-refractivity contribution in [2.75, 3.05) is 19.3 Å². The fraction of sp³-hybridized carbons (Fsp3) is 0.615. The van der Waals surface area contributed by atoms with E-state index in [1.807, 2.05) is 12.1 Å². The second-order valence-electron chi connectivity index (χ2n) is 5.12. The van der Waals surface area contributed by atoms with Gasteiger partial charge in [0.25, 0.3) is 0 Å². The van der Waals surface area contributed by atoms with Gasteiger partial charge in [-0.25, -0.2) is 13.1 Å². The third kappa shape index (κ3) is 4.64. The van der Waals surface area contributed by atoms with Crippen LogP contribution in [0, 0.1) is 0 Å². The number of hydrogen-bond acceptors (Lipinski definition) is 4. The number of piperidine rings is 1. The zero-order valence-electron chi connectivity index (χ0n) is 11.5. The second-order valence-corrected chi connectivity index (χ2v) is 6.90. The Hall–Kier alpha value is -1.34. The number of rotatable bonds is 5. The fourth-order valence-electron chi connectivity index (χ4n) is 2.39. The average Bonchev–Trinajstić information content (AvgIpc) is 2.88. The van der Waals surface area contributed by atoms with E-state index in [-0.39, 0.29) is 11.9 Å². The molecule has 1 aliphatic heterocycles. The first kappa shape index (κ1) is 15.1. The van der Waals surface area contributed by atoms with Gasteiger partial charge in [-0.05, 0) is 25.0 Å². The van der Waals surface area contributed by atoms with Gasteiger partial charge in [-0.3, -0.25) is 4.79 Å². The van der Waals surface area contributed by atoms with Gasteiger partial charge in [0.1, 0.15) is 5.76 Å². The van der Waals surface area contributed by atoms with E-state index >= 15 is 0 Å². The predicted molar refractivity (Wildman–Crippen MR) is 74.6 cm³/mol. The molecule has 1 aromatic rings. The minimum Gasteiger partial charge on any atom is -0.469 e. The van der Waals surface area contributed by atoms with E-state index in [2.05, 4.69) is 4.72 Å². The fourth-order valence-corrected chi connectivity index (χ4v) is 3.23. The summed E-state index contributed by atoms with van der Waals surface area (Å²) in [6.45, 7) is 1.20. The standard InChI is InChI=1S/C13H20N2O4S/c1-20(17,18)14-11-6-8-15(9-7-11)13(16)5-4-12-3-2-10-19-12/h2-3,10-11,14H,4-9H2,1H3. The summed E-state index contributed by atoms with van der Waals surface area (Å²) in [5, 5.41) is 0. The normalized spacial score (nSPS) is 17.4. The van der Waals surface area contributed by atoms with E-state index in [1.165, 1.54) is 0 Å². The number of sulfonamides is 1. The molecule has 2 rings (SSSR count). The van der Waals surface area contributed by atoms with Crippen molar-refractivity contribution >= 4 is 15.9 Å². The Kier molecular flexibility index (Phi) is 4.82. The van der Waals surface area contributed by atoms with E-state index in [0.29, 0.717) is 38.8 Å². The highest BCUT2D eigenvalue weighted by Crippen LogP contribution is 2.13. The van der Waals surface area contributed by atoms with E-state index < -0.39 is 10.0 Å². The number of amides is 1. The van der Waals surface area contributed by atoms with Crippen LogP contribution in [0.25, 0.3) is 0 Å². The molecule has 1 amide bonds. The molecule has 0 atom stereocenters. The van der Waals surface area contributed by atoms with Crippen LogP contribution in [0.4, 0.5) is 0 Å². The van der Waals surface area contributed by atoms with Crippen LogP contribution < -0.4 is 4.72 Å². The summed E-state index contributed by atoms with van der Waals surface area (Å²) in [6.07, 6.45) is 5.13. The van der Waals surface area contributed by atoms with E-state index in [9.17, 15) is 13.2 Å². The minimum atomic E-state index is -3.17. The van der Waals surface area contributed by atoms with Crippen LogP contribution in [0.2, 0.25) is 0 Å². The molecule has 0 bridgehead atoms. The molecule has 0 aliphatic carbocycles. The van der Waals surface area contributed by atoms with E-state index in [1.54, 1.807) is 11.2 Å². The summed E-state index contributed by atoms with van der Waals surface area (Å²) < 4.78 is 30.1. The van der Waals surface area contributed by atoms with Gasteiger partial charge in [-0.2, -0.15) is 0 Å². The van der Waals surface area contributed by atoms with Gasteiger partial charge >= 0.3 is 0 Å². The lowest BCUT2D eigenvalue weighted by atomic mass is 10.1. The molecule has 1 saturated heterocycles. The maximum atomic E-state index is 12.0. The van der Waals surface area contributed by atoms with Crippen LogP contribution >= 0.6 is 0 Å². The Morgan fingerprint density at radius 1 is 1.45 bits per heavy atom. The molecule has 1 N–H and O–H groups in total. The van der Waals surface area contributed by atoms with Crippen molar-refractivity contribution in [2.24, 2.45) is 0 Å². The Morgan fingerprint density at radius 2 is 2.15 bits per heavy atom. The molecule has 0 saturated carbocycles. The molecule has 1 fully saturated rings. The Balaban J connectivity index is 1.74. The molecule has 7 heteroatoms. The first-order valence-electron chi connectivity index (χ1n) is 6.71. The maximum Gasteiger partial charge on any atom is 0.223 e. The third-order valence-electron chi connectivity index (χ3n) is 3.39. The molecule has 1 aliphatic rings. The SMILES string of the molecule is CS(=O)(=O)NC1CCN(C(=O)CCc2ccco2)CC1. The smallest absolute Gasteiger partial charge is 0.223 e. The summed E-state index contributed by atoms with van der Waals surface area (Å²) in [5.74, 6) is 0.909. The Bertz CT molecular complexity index is 531. The molecule has 2 heterocycles. The lowest BCUT2D eigenvalue weighted by Gasteiger charge is -2.32.